The molecule has 0 aliphatic heterocycles. The van der Waals surface area contributed by atoms with Gasteiger partial charge in [-0.05, 0) is 12.8 Å². The van der Waals surface area contributed by atoms with Gasteiger partial charge in [-0.3, -0.25) is 0 Å². The first kappa shape index (κ1) is 9.40. The number of alkyl halides is 2. The molecule has 0 bridgehead atoms. The Balaban J connectivity index is 2.36. The van der Waals surface area contributed by atoms with E-state index in [-0.39, 0.29) is 12.0 Å². The average molecular weight is 175 g/mol. The van der Waals surface area contributed by atoms with Crippen LogP contribution in [-0.4, -0.2) is 19.3 Å². The molecule has 1 fully saturated rings. The van der Waals surface area contributed by atoms with E-state index in [1.54, 1.807) is 0 Å². The van der Waals surface area contributed by atoms with E-state index in [0.29, 0.717) is 13.0 Å². The number of ether oxygens (including phenoxy) is 1. The van der Waals surface area contributed by atoms with Gasteiger partial charge in [-0.15, -0.1) is 0 Å². The van der Waals surface area contributed by atoms with E-state index in [0.717, 1.165) is 12.8 Å². The molecule has 2 nitrogen and oxygen atoms in total. The van der Waals surface area contributed by atoms with Gasteiger partial charge in [0, 0.05) is 0 Å². The molecule has 0 heterocycles. The summed E-state index contributed by atoms with van der Waals surface area (Å²) >= 11 is 0. The molecule has 12 heavy (non-hydrogen) atoms. The van der Waals surface area contributed by atoms with E-state index in [1.807, 2.05) is 0 Å². The van der Waals surface area contributed by atoms with Crippen LogP contribution in [-0.2, 0) is 4.74 Å². The maximum absolute atomic E-state index is 11.8. The highest BCUT2D eigenvalue weighted by Crippen LogP contribution is 2.29. The van der Waals surface area contributed by atoms with Crippen LogP contribution in [0.3, 0.4) is 0 Å². The van der Waals surface area contributed by atoms with Crippen molar-refractivity contribution in [2.24, 2.45) is 5.92 Å². The van der Waals surface area contributed by atoms with Gasteiger partial charge in [0.2, 0.25) is 6.54 Å². The number of rotatable bonds is 3. The molecule has 1 rings (SSSR count). The molecular formula is C8H11F2NO. The van der Waals surface area contributed by atoms with Crippen LogP contribution in [0.2, 0.25) is 0 Å². The maximum Gasteiger partial charge on any atom is 0.345 e. The number of hydrogen-bond acceptors (Lipinski definition) is 1. The van der Waals surface area contributed by atoms with Crippen molar-refractivity contribution >= 4 is 0 Å². The van der Waals surface area contributed by atoms with E-state index >= 15 is 0 Å². The molecular weight excluding hydrogens is 164 g/mol. The van der Waals surface area contributed by atoms with E-state index < -0.39 is 6.61 Å². The Hall–Kier alpha value is -0.690. The van der Waals surface area contributed by atoms with Gasteiger partial charge in [-0.1, -0.05) is 6.42 Å². The first-order chi connectivity index (χ1) is 5.74. The Kier molecular flexibility index (Phi) is 3.42. The molecule has 1 aliphatic rings. The van der Waals surface area contributed by atoms with Gasteiger partial charge in [0.05, 0.1) is 12.0 Å². The summed E-state index contributed by atoms with van der Waals surface area (Å²) in [7, 11) is 0. The first-order valence-electron chi connectivity index (χ1n) is 4.01. The van der Waals surface area contributed by atoms with Gasteiger partial charge >= 0.3 is 6.61 Å². The van der Waals surface area contributed by atoms with Crippen molar-refractivity contribution in [3.05, 3.63) is 11.4 Å². The molecule has 2 atom stereocenters. The van der Waals surface area contributed by atoms with Gasteiger partial charge in [0.15, 0.2) is 0 Å². The van der Waals surface area contributed by atoms with Crippen molar-refractivity contribution in [2.75, 3.05) is 6.54 Å². The second kappa shape index (κ2) is 4.36. The zero-order valence-electron chi connectivity index (χ0n) is 6.67. The largest absolute Gasteiger partial charge is 0.345 e. The zero-order valence-corrected chi connectivity index (χ0v) is 6.67. The van der Waals surface area contributed by atoms with Crippen LogP contribution in [0.5, 0.6) is 0 Å². The lowest BCUT2D eigenvalue weighted by Gasteiger charge is -2.14. The minimum Gasteiger partial charge on any atom is -0.319 e. The summed E-state index contributed by atoms with van der Waals surface area (Å²) in [6.07, 6.45) is 2.03. The monoisotopic (exact) mass is 175 g/mol. The SMILES string of the molecule is [C-]#[N+]CC1CCCC1OC(F)F. The van der Waals surface area contributed by atoms with Gasteiger partial charge in [0.1, 0.15) is 0 Å². The van der Waals surface area contributed by atoms with Crippen LogP contribution < -0.4 is 0 Å². The van der Waals surface area contributed by atoms with Crippen molar-refractivity contribution in [3.8, 4) is 0 Å². The quantitative estimate of drug-likeness (QED) is 0.600. The van der Waals surface area contributed by atoms with Crippen molar-refractivity contribution in [1.82, 2.24) is 0 Å². The molecule has 0 aromatic heterocycles. The second-order valence-electron chi connectivity index (χ2n) is 2.97. The van der Waals surface area contributed by atoms with E-state index in [1.165, 1.54) is 0 Å². The number of hydrogen-bond donors (Lipinski definition) is 0. The molecule has 0 saturated heterocycles. The summed E-state index contributed by atoms with van der Waals surface area (Å²) in [5.41, 5.74) is 0. The Bertz CT molecular complexity index is 178. The molecule has 68 valence electrons. The molecule has 0 radical (unpaired) electrons. The number of halogens is 2. The predicted octanol–water partition coefficient (Wildman–Crippen LogP) is 2.31. The standard InChI is InChI=1S/C8H11F2NO/c1-11-5-6-3-2-4-7(6)12-8(9)10/h6-8H,2-5H2. The second-order valence-corrected chi connectivity index (χ2v) is 2.97. The predicted molar refractivity (Wildman–Crippen MR) is 39.7 cm³/mol. The minimum absolute atomic E-state index is 0.0245. The molecule has 0 spiro atoms. The molecule has 2 unspecified atom stereocenters. The molecule has 1 aliphatic carbocycles. The zero-order chi connectivity index (χ0) is 8.97. The highest BCUT2D eigenvalue weighted by Gasteiger charge is 2.32. The van der Waals surface area contributed by atoms with Crippen LogP contribution in [0.15, 0.2) is 0 Å². The third-order valence-corrected chi connectivity index (χ3v) is 2.19. The Morgan fingerprint density at radius 2 is 2.25 bits per heavy atom. The van der Waals surface area contributed by atoms with Crippen LogP contribution >= 0.6 is 0 Å². The van der Waals surface area contributed by atoms with Gasteiger partial charge < -0.3 is 9.58 Å². The van der Waals surface area contributed by atoms with Crippen LogP contribution in [0, 0.1) is 12.5 Å². The third kappa shape index (κ3) is 2.42. The molecule has 1 saturated carbocycles. The topological polar surface area (TPSA) is 13.6 Å². The Labute approximate surface area is 70.3 Å². The first-order valence-corrected chi connectivity index (χ1v) is 4.01. The normalized spacial score (nSPS) is 29.2. The summed E-state index contributed by atoms with van der Waals surface area (Å²) in [6.45, 7) is 4.25. The fourth-order valence-electron chi connectivity index (χ4n) is 1.64. The molecule has 0 amide bonds. The van der Waals surface area contributed by atoms with Gasteiger partial charge in [-0.2, -0.15) is 8.78 Å². The summed E-state index contributed by atoms with van der Waals surface area (Å²) in [5, 5.41) is 0. The van der Waals surface area contributed by atoms with E-state index in [9.17, 15) is 8.78 Å². The van der Waals surface area contributed by atoms with Crippen LogP contribution in [0.4, 0.5) is 8.78 Å². The summed E-state index contributed by atoms with van der Waals surface area (Å²) in [6, 6.07) is 0. The molecule has 0 aromatic carbocycles. The summed E-state index contributed by atoms with van der Waals surface area (Å²) in [5.74, 6) is 0.0245. The van der Waals surface area contributed by atoms with Gasteiger partial charge in [-0.25, -0.2) is 6.57 Å². The maximum atomic E-state index is 11.8. The van der Waals surface area contributed by atoms with Crippen molar-refractivity contribution < 1.29 is 13.5 Å². The summed E-state index contributed by atoms with van der Waals surface area (Å²) in [4.78, 5) is 3.20. The van der Waals surface area contributed by atoms with Crippen molar-refractivity contribution in [1.29, 1.82) is 0 Å². The van der Waals surface area contributed by atoms with Crippen molar-refractivity contribution in [2.45, 2.75) is 32.0 Å². The highest BCUT2D eigenvalue weighted by molar-refractivity contribution is 4.83. The smallest absolute Gasteiger partial charge is 0.319 e. The highest BCUT2D eigenvalue weighted by atomic mass is 19.3. The Morgan fingerprint density at radius 3 is 2.83 bits per heavy atom. The average Bonchev–Trinajstić information content (AvgIpc) is 2.37. The lowest BCUT2D eigenvalue weighted by Crippen LogP contribution is -2.22. The molecule has 4 heteroatoms. The van der Waals surface area contributed by atoms with Crippen LogP contribution in [0.1, 0.15) is 19.3 Å². The van der Waals surface area contributed by atoms with Crippen molar-refractivity contribution in [3.63, 3.8) is 0 Å². The molecule has 0 N–H and O–H groups in total. The number of nitrogens with zero attached hydrogens (tertiary/aromatic N) is 1. The summed E-state index contributed by atoms with van der Waals surface area (Å²) < 4.78 is 28.0. The Morgan fingerprint density at radius 1 is 1.50 bits per heavy atom. The fourth-order valence-corrected chi connectivity index (χ4v) is 1.64. The van der Waals surface area contributed by atoms with E-state index in [2.05, 4.69) is 9.58 Å². The van der Waals surface area contributed by atoms with Gasteiger partial charge in [0.25, 0.3) is 0 Å². The minimum atomic E-state index is -2.69. The fraction of sp³-hybridized carbons (Fsp3) is 0.875. The lowest BCUT2D eigenvalue weighted by atomic mass is 10.1. The van der Waals surface area contributed by atoms with Crippen LogP contribution in [0.25, 0.3) is 4.85 Å². The van der Waals surface area contributed by atoms with E-state index in [4.69, 9.17) is 6.57 Å². The lowest BCUT2D eigenvalue weighted by molar-refractivity contribution is -0.169. The molecule has 0 aromatic rings. The third-order valence-electron chi connectivity index (χ3n) is 2.19.